The van der Waals surface area contributed by atoms with Gasteiger partial charge in [-0.2, -0.15) is 0 Å². The molecule has 0 aliphatic carbocycles. The van der Waals surface area contributed by atoms with Crippen LogP contribution in [0, 0.1) is 5.92 Å². The summed E-state index contributed by atoms with van der Waals surface area (Å²) >= 11 is 0. The maximum absolute atomic E-state index is 5.57. The van der Waals surface area contributed by atoms with Crippen molar-refractivity contribution in [2.24, 2.45) is 5.92 Å². The molecule has 90 valence electrons. The van der Waals surface area contributed by atoms with Crippen molar-refractivity contribution in [2.75, 3.05) is 53.2 Å². The average Bonchev–Trinajstić information content (AvgIpc) is 2.75. The molecule has 1 rings (SSSR count). The van der Waals surface area contributed by atoms with E-state index in [0.717, 1.165) is 59.0 Å². The van der Waals surface area contributed by atoms with Gasteiger partial charge in [-0.15, -0.1) is 0 Å². The number of hydrogen-bond donors (Lipinski definition) is 1. The lowest BCUT2D eigenvalue weighted by Crippen LogP contribution is -2.21. The molecule has 0 spiro atoms. The minimum absolute atomic E-state index is 0.631. The SMILES string of the molecule is COCCNCCCOCC1CCOC1. The van der Waals surface area contributed by atoms with Crippen LogP contribution in [0.4, 0.5) is 0 Å². The van der Waals surface area contributed by atoms with E-state index in [2.05, 4.69) is 5.32 Å². The first kappa shape index (κ1) is 12.9. The Hall–Kier alpha value is -0.160. The van der Waals surface area contributed by atoms with Gasteiger partial charge in [0.15, 0.2) is 0 Å². The molecule has 0 aromatic carbocycles. The fourth-order valence-electron chi connectivity index (χ4n) is 1.56. The molecule has 1 aliphatic rings. The van der Waals surface area contributed by atoms with Gasteiger partial charge >= 0.3 is 0 Å². The van der Waals surface area contributed by atoms with Crippen molar-refractivity contribution in [3.8, 4) is 0 Å². The zero-order valence-electron chi connectivity index (χ0n) is 9.67. The van der Waals surface area contributed by atoms with E-state index in [4.69, 9.17) is 14.2 Å². The van der Waals surface area contributed by atoms with E-state index in [1.807, 2.05) is 0 Å². The molecule has 4 heteroatoms. The Morgan fingerprint density at radius 3 is 3.00 bits per heavy atom. The molecule has 0 aromatic rings. The molecule has 0 radical (unpaired) electrons. The third-order valence-electron chi connectivity index (χ3n) is 2.50. The molecule has 0 saturated carbocycles. The number of hydrogen-bond acceptors (Lipinski definition) is 4. The van der Waals surface area contributed by atoms with Crippen LogP contribution in [-0.2, 0) is 14.2 Å². The maximum atomic E-state index is 5.57. The largest absolute Gasteiger partial charge is 0.383 e. The average molecular weight is 217 g/mol. The van der Waals surface area contributed by atoms with Gasteiger partial charge in [0.25, 0.3) is 0 Å². The third kappa shape index (κ3) is 6.84. The van der Waals surface area contributed by atoms with Crippen molar-refractivity contribution in [3.63, 3.8) is 0 Å². The second-order valence-corrected chi connectivity index (χ2v) is 3.90. The zero-order chi connectivity index (χ0) is 10.8. The second kappa shape index (κ2) is 9.09. The zero-order valence-corrected chi connectivity index (χ0v) is 9.67. The van der Waals surface area contributed by atoms with Gasteiger partial charge in [0.05, 0.1) is 19.8 Å². The number of methoxy groups -OCH3 is 1. The molecule has 1 fully saturated rings. The summed E-state index contributed by atoms with van der Waals surface area (Å²) in [6.07, 6.45) is 2.23. The smallest absolute Gasteiger partial charge is 0.0587 e. The monoisotopic (exact) mass is 217 g/mol. The topological polar surface area (TPSA) is 39.7 Å². The van der Waals surface area contributed by atoms with Gasteiger partial charge in [-0.05, 0) is 19.4 Å². The van der Waals surface area contributed by atoms with Crippen LogP contribution in [0.25, 0.3) is 0 Å². The van der Waals surface area contributed by atoms with Gasteiger partial charge in [-0.3, -0.25) is 0 Å². The Labute approximate surface area is 92.3 Å². The number of nitrogens with one attached hydrogen (secondary N) is 1. The Morgan fingerprint density at radius 1 is 1.33 bits per heavy atom. The summed E-state index contributed by atoms with van der Waals surface area (Å²) in [6.45, 7) is 6.20. The van der Waals surface area contributed by atoms with Crippen LogP contribution in [0.3, 0.4) is 0 Å². The summed E-state index contributed by atoms with van der Waals surface area (Å²) < 4.78 is 15.8. The van der Waals surface area contributed by atoms with Crippen LogP contribution >= 0.6 is 0 Å². The molecule has 1 saturated heterocycles. The molecule has 0 bridgehead atoms. The first-order valence-corrected chi connectivity index (χ1v) is 5.78. The predicted molar refractivity (Wildman–Crippen MR) is 59.1 cm³/mol. The van der Waals surface area contributed by atoms with Crippen molar-refractivity contribution in [1.29, 1.82) is 0 Å². The minimum Gasteiger partial charge on any atom is -0.383 e. The summed E-state index contributed by atoms with van der Waals surface area (Å²) in [7, 11) is 1.72. The van der Waals surface area contributed by atoms with Gasteiger partial charge in [-0.1, -0.05) is 0 Å². The summed E-state index contributed by atoms with van der Waals surface area (Å²) in [5.74, 6) is 0.631. The van der Waals surface area contributed by atoms with Crippen molar-refractivity contribution < 1.29 is 14.2 Å². The Kier molecular flexibility index (Phi) is 7.83. The predicted octanol–water partition coefficient (Wildman–Crippen LogP) is 0.666. The van der Waals surface area contributed by atoms with Gasteiger partial charge in [0, 0.05) is 32.8 Å². The highest BCUT2D eigenvalue weighted by atomic mass is 16.5. The van der Waals surface area contributed by atoms with E-state index < -0.39 is 0 Å². The normalized spacial score (nSPS) is 21.0. The lowest BCUT2D eigenvalue weighted by atomic mass is 10.1. The van der Waals surface area contributed by atoms with E-state index in [0.29, 0.717) is 5.92 Å². The molecular weight excluding hydrogens is 194 g/mol. The third-order valence-corrected chi connectivity index (χ3v) is 2.50. The minimum atomic E-state index is 0.631. The van der Waals surface area contributed by atoms with Crippen LogP contribution in [0.15, 0.2) is 0 Å². The van der Waals surface area contributed by atoms with Crippen LogP contribution in [-0.4, -0.2) is 53.2 Å². The van der Waals surface area contributed by atoms with Crippen molar-refractivity contribution >= 4 is 0 Å². The van der Waals surface area contributed by atoms with Crippen molar-refractivity contribution in [3.05, 3.63) is 0 Å². The standard InChI is InChI=1S/C11H23NO3/c1-13-8-5-12-4-2-6-14-9-11-3-7-15-10-11/h11-12H,2-10H2,1H3. The lowest BCUT2D eigenvalue weighted by Gasteiger charge is -2.08. The number of ether oxygens (including phenoxy) is 3. The molecule has 1 heterocycles. The lowest BCUT2D eigenvalue weighted by molar-refractivity contribution is 0.0880. The van der Waals surface area contributed by atoms with Gasteiger partial charge in [0.2, 0.25) is 0 Å². The Morgan fingerprint density at radius 2 is 2.27 bits per heavy atom. The van der Waals surface area contributed by atoms with Crippen LogP contribution in [0.1, 0.15) is 12.8 Å². The summed E-state index contributed by atoms with van der Waals surface area (Å²) in [5, 5.41) is 3.29. The van der Waals surface area contributed by atoms with Gasteiger partial charge < -0.3 is 19.5 Å². The number of rotatable bonds is 9. The molecule has 0 aromatic heterocycles. The molecule has 1 aliphatic heterocycles. The van der Waals surface area contributed by atoms with Crippen molar-refractivity contribution in [1.82, 2.24) is 5.32 Å². The first-order chi connectivity index (χ1) is 7.43. The molecule has 1 atom stereocenters. The van der Waals surface area contributed by atoms with Crippen LogP contribution in [0.5, 0.6) is 0 Å². The second-order valence-electron chi connectivity index (χ2n) is 3.90. The molecular formula is C11H23NO3. The van der Waals surface area contributed by atoms with Crippen LogP contribution < -0.4 is 5.32 Å². The highest BCUT2D eigenvalue weighted by molar-refractivity contribution is 4.62. The van der Waals surface area contributed by atoms with Gasteiger partial charge in [0.1, 0.15) is 0 Å². The van der Waals surface area contributed by atoms with Crippen LogP contribution in [0.2, 0.25) is 0 Å². The van der Waals surface area contributed by atoms with Gasteiger partial charge in [-0.25, -0.2) is 0 Å². The van der Waals surface area contributed by atoms with Crippen molar-refractivity contribution in [2.45, 2.75) is 12.8 Å². The Bertz CT molecular complexity index is 138. The molecule has 1 unspecified atom stereocenters. The van der Waals surface area contributed by atoms with E-state index in [1.54, 1.807) is 7.11 Å². The summed E-state index contributed by atoms with van der Waals surface area (Å²) in [5.41, 5.74) is 0. The summed E-state index contributed by atoms with van der Waals surface area (Å²) in [4.78, 5) is 0. The van der Waals surface area contributed by atoms with E-state index in [-0.39, 0.29) is 0 Å². The molecule has 15 heavy (non-hydrogen) atoms. The maximum Gasteiger partial charge on any atom is 0.0587 e. The molecule has 4 nitrogen and oxygen atoms in total. The highest BCUT2D eigenvalue weighted by Crippen LogP contribution is 2.12. The quantitative estimate of drug-likeness (QED) is 0.576. The Balaban J connectivity index is 1.73. The van der Waals surface area contributed by atoms with E-state index in [1.165, 1.54) is 0 Å². The summed E-state index contributed by atoms with van der Waals surface area (Å²) in [6, 6.07) is 0. The first-order valence-electron chi connectivity index (χ1n) is 5.78. The highest BCUT2D eigenvalue weighted by Gasteiger charge is 2.14. The van der Waals surface area contributed by atoms with E-state index in [9.17, 15) is 0 Å². The molecule has 0 amide bonds. The fourth-order valence-corrected chi connectivity index (χ4v) is 1.56. The fraction of sp³-hybridized carbons (Fsp3) is 1.00. The molecule has 1 N–H and O–H groups in total. The van der Waals surface area contributed by atoms with E-state index >= 15 is 0 Å².